The van der Waals surface area contributed by atoms with E-state index in [4.69, 9.17) is 5.11 Å². The second-order valence-electron chi connectivity index (χ2n) is 4.98. The summed E-state index contributed by atoms with van der Waals surface area (Å²) in [7, 11) is 0. The van der Waals surface area contributed by atoms with E-state index >= 15 is 0 Å². The summed E-state index contributed by atoms with van der Waals surface area (Å²) >= 11 is 0. The van der Waals surface area contributed by atoms with Crippen LogP contribution in [0.4, 0.5) is 0 Å². The summed E-state index contributed by atoms with van der Waals surface area (Å²) in [6.07, 6.45) is 3.22. The van der Waals surface area contributed by atoms with Crippen LogP contribution in [0.25, 0.3) is 0 Å². The summed E-state index contributed by atoms with van der Waals surface area (Å²) in [5.74, 6) is -0.675. The van der Waals surface area contributed by atoms with Crippen LogP contribution in [-0.2, 0) is 9.59 Å². The van der Waals surface area contributed by atoms with Gasteiger partial charge in [0.15, 0.2) is 0 Å². The molecular weight excluding hydrogens is 220 g/mol. The first-order chi connectivity index (χ1) is 8.18. The molecule has 1 amide bonds. The minimum absolute atomic E-state index is 0.102. The minimum atomic E-state index is -0.726. The van der Waals surface area contributed by atoms with E-state index in [0.717, 1.165) is 25.9 Å². The second-order valence-corrected chi connectivity index (χ2v) is 4.98. The van der Waals surface area contributed by atoms with Crippen molar-refractivity contribution >= 4 is 11.9 Å². The van der Waals surface area contributed by atoms with Gasteiger partial charge in [-0.05, 0) is 32.2 Å². The van der Waals surface area contributed by atoms with E-state index < -0.39 is 5.97 Å². The van der Waals surface area contributed by atoms with Crippen LogP contribution in [0.1, 0.15) is 25.7 Å². The van der Waals surface area contributed by atoms with Crippen molar-refractivity contribution in [3.05, 3.63) is 0 Å². The third kappa shape index (κ3) is 2.97. The topological polar surface area (TPSA) is 69.6 Å². The highest BCUT2D eigenvalue weighted by Crippen LogP contribution is 2.21. The molecule has 0 radical (unpaired) electrons. The number of carboxylic acids is 1. The molecule has 1 atom stereocenters. The normalized spacial score (nSPS) is 26.8. The van der Waals surface area contributed by atoms with Crippen LogP contribution in [0.3, 0.4) is 0 Å². The lowest BCUT2D eigenvalue weighted by molar-refractivity contribution is -0.146. The van der Waals surface area contributed by atoms with Crippen molar-refractivity contribution in [2.45, 2.75) is 25.7 Å². The summed E-state index contributed by atoms with van der Waals surface area (Å²) in [4.78, 5) is 24.8. The molecule has 0 aromatic rings. The molecule has 0 bridgehead atoms. The molecule has 0 aliphatic carbocycles. The van der Waals surface area contributed by atoms with E-state index in [2.05, 4.69) is 5.32 Å². The zero-order valence-electron chi connectivity index (χ0n) is 10.0. The number of carbonyl (C=O) groups is 2. The number of hydrogen-bond acceptors (Lipinski definition) is 3. The van der Waals surface area contributed by atoms with Crippen LogP contribution >= 0.6 is 0 Å². The number of nitrogens with zero attached hydrogens (tertiary/aromatic N) is 1. The molecule has 2 saturated heterocycles. The average molecular weight is 240 g/mol. The lowest BCUT2D eigenvalue weighted by atomic mass is 9.93. The van der Waals surface area contributed by atoms with E-state index in [9.17, 15) is 9.59 Å². The highest BCUT2D eigenvalue weighted by atomic mass is 16.4. The average Bonchev–Trinajstić information content (AvgIpc) is 2.39. The number of piperidine rings is 2. The van der Waals surface area contributed by atoms with Crippen molar-refractivity contribution in [2.24, 2.45) is 11.8 Å². The van der Waals surface area contributed by atoms with E-state index in [1.54, 1.807) is 0 Å². The molecule has 2 aliphatic rings. The standard InChI is InChI=1S/C12H20N2O3/c15-11(10-2-1-5-13-8-10)14-6-3-9(4-7-14)12(16)17/h9-10,13H,1-8H2,(H,16,17)/t10-/m0/s1. The largest absolute Gasteiger partial charge is 0.481 e. The molecule has 2 aliphatic heterocycles. The molecule has 0 aromatic heterocycles. The molecule has 0 saturated carbocycles. The molecule has 2 N–H and O–H groups in total. The number of nitrogens with one attached hydrogen (secondary N) is 1. The Labute approximate surface area is 101 Å². The van der Waals surface area contributed by atoms with Gasteiger partial charge >= 0.3 is 5.97 Å². The Bertz CT molecular complexity index is 292. The van der Waals surface area contributed by atoms with Crippen molar-refractivity contribution in [1.82, 2.24) is 10.2 Å². The molecule has 17 heavy (non-hydrogen) atoms. The number of likely N-dealkylation sites (tertiary alicyclic amines) is 1. The predicted octanol–water partition coefficient (Wildman–Crippen LogP) is 0.309. The molecule has 2 heterocycles. The number of hydrogen-bond donors (Lipinski definition) is 2. The molecule has 2 fully saturated rings. The van der Waals surface area contributed by atoms with Gasteiger partial charge < -0.3 is 15.3 Å². The number of carboxylic acid groups (broad SMARTS) is 1. The SMILES string of the molecule is O=C(O)C1CCN(C(=O)[C@H]2CCCNC2)CC1. The van der Waals surface area contributed by atoms with Crippen LogP contribution in [0.15, 0.2) is 0 Å². The van der Waals surface area contributed by atoms with Crippen molar-refractivity contribution < 1.29 is 14.7 Å². The number of rotatable bonds is 2. The van der Waals surface area contributed by atoms with Gasteiger partial charge in [0.25, 0.3) is 0 Å². The first kappa shape index (κ1) is 12.4. The number of carbonyl (C=O) groups excluding carboxylic acids is 1. The Kier molecular flexibility index (Phi) is 3.99. The van der Waals surface area contributed by atoms with Gasteiger partial charge in [-0.25, -0.2) is 0 Å². The molecule has 0 aromatic carbocycles. The van der Waals surface area contributed by atoms with Gasteiger partial charge in [0.2, 0.25) is 5.91 Å². The fraction of sp³-hybridized carbons (Fsp3) is 0.833. The number of aliphatic carboxylic acids is 1. The highest BCUT2D eigenvalue weighted by molar-refractivity contribution is 5.79. The maximum absolute atomic E-state index is 12.2. The fourth-order valence-electron chi connectivity index (χ4n) is 2.67. The van der Waals surface area contributed by atoms with E-state index in [1.807, 2.05) is 4.90 Å². The van der Waals surface area contributed by atoms with Crippen LogP contribution < -0.4 is 5.32 Å². The molecule has 5 nitrogen and oxygen atoms in total. The zero-order chi connectivity index (χ0) is 12.3. The van der Waals surface area contributed by atoms with Crippen molar-refractivity contribution in [3.8, 4) is 0 Å². The Balaban J connectivity index is 1.83. The van der Waals surface area contributed by atoms with Gasteiger partial charge in [0, 0.05) is 19.6 Å². The van der Waals surface area contributed by atoms with Gasteiger partial charge in [-0.3, -0.25) is 9.59 Å². The summed E-state index contributed by atoms with van der Waals surface area (Å²) in [5.41, 5.74) is 0. The van der Waals surface area contributed by atoms with Crippen LogP contribution in [0.5, 0.6) is 0 Å². The first-order valence-electron chi connectivity index (χ1n) is 6.41. The quantitative estimate of drug-likeness (QED) is 0.729. The van der Waals surface area contributed by atoms with Gasteiger partial charge in [0.1, 0.15) is 0 Å². The predicted molar refractivity (Wildman–Crippen MR) is 62.5 cm³/mol. The van der Waals surface area contributed by atoms with Gasteiger partial charge in [-0.2, -0.15) is 0 Å². The second kappa shape index (κ2) is 5.49. The molecule has 0 spiro atoms. The Morgan fingerprint density at radius 3 is 2.35 bits per heavy atom. The lowest BCUT2D eigenvalue weighted by Gasteiger charge is -2.34. The maximum Gasteiger partial charge on any atom is 0.306 e. The zero-order valence-corrected chi connectivity index (χ0v) is 10.0. The Hall–Kier alpha value is -1.10. The van der Waals surface area contributed by atoms with Gasteiger partial charge in [0.05, 0.1) is 11.8 Å². The van der Waals surface area contributed by atoms with E-state index in [1.165, 1.54) is 0 Å². The van der Waals surface area contributed by atoms with Crippen LogP contribution in [-0.4, -0.2) is 48.1 Å². The summed E-state index contributed by atoms with van der Waals surface area (Å²) in [6, 6.07) is 0. The highest BCUT2D eigenvalue weighted by Gasteiger charge is 2.30. The summed E-state index contributed by atoms with van der Waals surface area (Å²) in [5, 5.41) is 12.1. The van der Waals surface area contributed by atoms with Crippen molar-refractivity contribution in [1.29, 1.82) is 0 Å². The van der Waals surface area contributed by atoms with Crippen molar-refractivity contribution in [2.75, 3.05) is 26.2 Å². The molecule has 96 valence electrons. The summed E-state index contributed by atoms with van der Waals surface area (Å²) in [6.45, 7) is 2.99. The lowest BCUT2D eigenvalue weighted by Crippen LogP contribution is -2.46. The third-order valence-electron chi connectivity index (χ3n) is 3.80. The molecule has 0 unspecified atom stereocenters. The molecule has 2 rings (SSSR count). The molecular formula is C12H20N2O3. The van der Waals surface area contributed by atoms with Crippen LogP contribution in [0.2, 0.25) is 0 Å². The van der Waals surface area contributed by atoms with Gasteiger partial charge in [-0.1, -0.05) is 0 Å². The smallest absolute Gasteiger partial charge is 0.306 e. The van der Waals surface area contributed by atoms with Crippen LogP contribution in [0, 0.1) is 11.8 Å². The Morgan fingerprint density at radius 2 is 1.82 bits per heavy atom. The fourth-order valence-corrected chi connectivity index (χ4v) is 2.67. The monoisotopic (exact) mass is 240 g/mol. The van der Waals surface area contributed by atoms with E-state index in [0.29, 0.717) is 25.9 Å². The molecule has 5 heteroatoms. The number of amides is 1. The Morgan fingerprint density at radius 1 is 1.12 bits per heavy atom. The van der Waals surface area contributed by atoms with Crippen molar-refractivity contribution in [3.63, 3.8) is 0 Å². The van der Waals surface area contributed by atoms with Gasteiger partial charge in [-0.15, -0.1) is 0 Å². The maximum atomic E-state index is 12.2. The summed E-state index contributed by atoms with van der Waals surface area (Å²) < 4.78 is 0. The third-order valence-corrected chi connectivity index (χ3v) is 3.80. The van der Waals surface area contributed by atoms with E-state index in [-0.39, 0.29) is 17.7 Å². The first-order valence-corrected chi connectivity index (χ1v) is 6.41. The minimum Gasteiger partial charge on any atom is -0.481 e.